The van der Waals surface area contributed by atoms with Crippen LogP contribution in [0.5, 0.6) is 0 Å². The number of carbonyl (C=O) groups excluding carboxylic acids is 1. The van der Waals surface area contributed by atoms with Crippen LogP contribution in [0.1, 0.15) is 37.0 Å². The van der Waals surface area contributed by atoms with Gasteiger partial charge in [0.2, 0.25) is 5.91 Å². The second kappa shape index (κ2) is 5.31. The molecule has 0 bridgehead atoms. The molecule has 1 radical (unpaired) electrons. The fourth-order valence-corrected chi connectivity index (χ4v) is 2.64. The fraction of sp³-hybridized carbons (Fsp3) is 0.500. The topological polar surface area (TPSA) is 29.1 Å². The van der Waals surface area contributed by atoms with Crippen molar-refractivity contribution in [3.8, 4) is 0 Å². The predicted octanol–water partition coefficient (Wildman–Crippen LogP) is 2.75. The molecule has 1 aliphatic rings. The number of hydrogen-bond donors (Lipinski definition) is 1. The Bertz CT molecular complexity index is 301. The maximum absolute atomic E-state index is 11.6. The van der Waals surface area contributed by atoms with Crippen molar-refractivity contribution in [2.45, 2.75) is 38.1 Å². The van der Waals surface area contributed by atoms with Crippen LogP contribution in [0, 0.1) is 6.42 Å². The highest BCUT2D eigenvalue weighted by atomic mass is 32.1. The summed E-state index contributed by atoms with van der Waals surface area (Å²) in [5.41, 5.74) is 0. The van der Waals surface area contributed by atoms with E-state index in [-0.39, 0.29) is 5.91 Å². The third-order valence-corrected chi connectivity index (χ3v) is 3.59. The molecule has 1 aliphatic carbocycles. The molecule has 81 valence electrons. The van der Waals surface area contributed by atoms with Crippen molar-refractivity contribution in [1.82, 2.24) is 5.32 Å². The average molecular weight is 222 g/mol. The standard InChI is InChI=1S/C12H16NOS/c14-12(9-11-7-4-8-15-11)13-10-5-2-1-3-6-10/h4,7-10H,1-3,5-6H2,(H,13,14). The Labute approximate surface area is 94.7 Å². The minimum Gasteiger partial charge on any atom is -0.353 e. The van der Waals surface area contributed by atoms with E-state index < -0.39 is 0 Å². The average Bonchev–Trinajstić information content (AvgIpc) is 2.71. The van der Waals surface area contributed by atoms with E-state index in [0.717, 1.165) is 17.7 Å². The van der Waals surface area contributed by atoms with E-state index in [1.54, 1.807) is 17.8 Å². The molecule has 1 N–H and O–H groups in total. The first kappa shape index (κ1) is 10.7. The maximum Gasteiger partial charge on any atom is 0.229 e. The molecule has 2 rings (SSSR count). The molecular weight excluding hydrogens is 206 g/mol. The molecule has 0 saturated heterocycles. The van der Waals surface area contributed by atoms with Gasteiger partial charge in [0.25, 0.3) is 0 Å². The van der Waals surface area contributed by atoms with E-state index in [0.29, 0.717) is 6.04 Å². The largest absolute Gasteiger partial charge is 0.353 e. The molecule has 0 atom stereocenters. The van der Waals surface area contributed by atoms with E-state index in [4.69, 9.17) is 0 Å². The summed E-state index contributed by atoms with van der Waals surface area (Å²) in [6.45, 7) is 0. The summed E-state index contributed by atoms with van der Waals surface area (Å²) in [5.74, 6) is 0.0596. The van der Waals surface area contributed by atoms with Gasteiger partial charge >= 0.3 is 0 Å². The number of rotatable bonds is 3. The van der Waals surface area contributed by atoms with Crippen molar-refractivity contribution >= 4 is 17.2 Å². The lowest BCUT2D eigenvalue weighted by molar-refractivity contribution is -0.118. The normalized spacial score (nSPS) is 17.6. The third-order valence-electron chi connectivity index (χ3n) is 2.77. The molecule has 15 heavy (non-hydrogen) atoms. The Balaban J connectivity index is 1.76. The van der Waals surface area contributed by atoms with E-state index >= 15 is 0 Å². The molecule has 3 heteroatoms. The molecule has 1 amide bonds. The van der Waals surface area contributed by atoms with Gasteiger partial charge in [-0.05, 0) is 24.3 Å². The van der Waals surface area contributed by atoms with Crippen molar-refractivity contribution < 1.29 is 4.79 Å². The van der Waals surface area contributed by atoms with Gasteiger partial charge in [0.1, 0.15) is 0 Å². The van der Waals surface area contributed by atoms with Gasteiger partial charge in [0.05, 0.1) is 6.42 Å². The number of thiophene rings is 1. The van der Waals surface area contributed by atoms with Crippen LogP contribution < -0.4 is 5.32 Å². The highest BCUT2D eigenvalue weighted by Gasteiger charge is 2.15. The van der Waals surface area contributed by atoms with Crippen molar-refractivity contribution in [2.24, 2.45) is 0 Å². The summed E-state index contributed by atoms with van der Waals surface area (Å²) < 4.78 is 0. The summed E-state index contributed by atoms with van der Waals surface area (Å²) in [6.07, 6.45) is 7.81. The van der Waals surface area contributed by atoms with Gasteiger partial charge in [-0.25, -0.2) is 0 Å². The lowest BCUT2D eigenvalue weighted by Gasteiger charge is -2.22. The van der Waals surface area contributed by atoms with Crippen LogP contribution in [0.25, 0.3) is 0 Å². The second-order valence-corrected chi connectivity index (χ2v) is 4.98. The van der Waals surface area contributed by atoms with Crippen molar-refractivity contribution in [3.63, 3.8) is 0 Å². The van der Waals surface area contributed by atoms with Crippen molar-refractivity contribution in [1.29, 1.82) is 0 Å². The molecule has 0 unspecified atom stereocenters. The summed E-state index contributed by atoms with van der Waals surface area (Å²) in [6, 6.07) is 4.33. The van der Waals surface area contributed by atoms with Crippen molar-refractivity contribution in [2.75, 3.05) is 0 Å². The van der Waals surface area contributed by atoms with E-state index in [9.17, 15) is 4.79 Å². The highest BCUT2D eigenvalue weighted by Crippen LogP contribution is 2.18. The van der Waals surface area contributed by atoms with E-state index in [2.05, 4.69) is 5.32 Å². The molecule has 1 saturated carbocycles. The van der Waals surface area contributed by atoms with Gasteiger partial charge < -0.3 is 5.32 Å². The van der Waals surface area contributed by atoms with Gasteiger partial charge in [-0.1, -0.05) is 25.3 Å². The lowest BCUT2D eigenvalue weighted by atomic mass is 9.95. The van der Waals surface area contributed by atoms with Crippen molar-refractivity contribution in [3.05, 3.63) is 28.8 Å². The van der Waals surface area contributed by atoms with E-state index in [1.807, 2.05) is 17.5 Å². The quantitative estimate of drug-likeness (QED) is 0.837. The van der Waals surface area contributed by atoms with Crippen LogP contribution in [0.4, 0.5) is 0 Å². The first-order valence-electron chi connectivity index (χ1n) is 5.53. The predicted molar refractivity (Wildman–Crippen MR) is 62.7 cm³/mol. The molecule has 1 aromatic rings. The smallest absolute Gasteiger partial charge is 0.229 e. The van der Waals surface area contributed by atoms with Crippen LogP contribution in [0.15, 0.2) is 17.5 Å². The molecule has 0 spiro atoms. The Morgan fingerprint density at radius 2 is 2.20 bits per heavy atom. The molecule has 0 aromatic carbocycles. The molecule has 2 nitrogen and oxygen atoms in total. The Morgan fingerprint density at radius 3 is 2.87 bits per heavy atom. The van der Waals surface area contributed by atoms with Crippen LogP contribution in [0.2, 0.25) is 0 Å². The van der Waals surface area contributed by atoms with Crippen LogP contribution >= 0.6 is 11.3 Å². The molecule has 1 heterocycles. The molecule has 1 aromatic heterocycles. The molecule has 1 fully saturated rings. The summed E-state index contributed by atoms with van der Waals surface area (Å²) in [4.78, 5) is 12.6. The number of hydrogen-bond acceptors (Lipinski definition) is 2. The van der Waals surface area contributed by atoms with Gasteiger partial charge in [-0.15, -0.1) is 11.3 Å². The highest BCUT2D eigenvalue weighted by molar-refractivity contribution is 7.10. The molecule has 0 aliphatic heterocycles. The first-order valence-corrected chi connectivity index (χ1v) is 6.41. The van der Waals surface area contributed by atoms with Gasteiger partial charge in [0, 0.05) is 10.9 Å². The van der Waals surface area contributed by atoms with E-state index in [1.165, 1.54) is 19.3 Å². The zero-order valence-electron chi connectivity index (χ0n) is 8.74. The number of nitrogens with one attached hydrogen (secondary N) is 1. The van der Waals surface area contributed by atoms with Gasteiger partial charge in [-0.2, -0.15) is 0 Å². The Kier molecular flexibility index (Phi) is 3.78. The van der Waals surface area contributed by atoms with Crippen LogP contribution in [-0.2, 0) is 4.79 Å². The zero-order chi connectivity index (χ0) is 10.5. The Hall–Kier alpha value is -0.830. The first-order chi connectivity index (χ1) is 7.34. The SMILES string of the molecule is O=C([CH]c1cccs1)NC1CCCCC1. The van der Waals surface area contributed by atoms with Gasteiger partial charge in [0.15, 0.2) is 0 Å². The molecular formula is C12H16NOS. The number of carbonyl (C=O) groups is 1. The fourth-order valence-electron chi connectivity index (χ4n) is 1.99. The minimum atomic E-state index is 0.0596. The monoisotopic (exact) mass is 222 g/mol. The Morgan fingerprint density at radius 1 is 1.40 bits per heavy atom. The third kappa shape index (κ3) is 3.34. The lowest BCUT2D eigenvalue weighted by Crippen LogP contribution is -2.36. The summed E-state index contributed by atoms with van der Waals surface area (Å²) in [5, 5.41) is 5.06. The summed E-state index contributed by atoms with van der Waals surface area (Å²) >= 11 is 1.60. The minimum absolute atomic E-state index is 0.0596. The zero-order valence-corrected chi connectivity index (χ0v) is 9.56. The summed E-state index contributed by atoms with van der Waals surface area (Å²) in [7, 11) is 0. The maximum atomic E-state index is 11.6. The second-order valence-electron chi connectivity index (χ2n) is 4.00. The van der Waals surface area contributed by atoms with Crippen LogP contribution in [0.3, 0.4) is 0 Å². The van der Waals surface area contributed by atoms with Crippen LogP contribution in [-0.4, -0.2) is 11.9 Å². The number of amides is 1. The van der Waals surface area contributed by atoms with Gasteiger partial charge in [-0.3, -0.25) is 4.79 Å².